The first kappa shape index (κ1) is 19.5. The van der Waals surface area contributed by atoms with Crippen LogP contribution in [-0.2, 0) is 9.53 Å². The summed E-state index contributed by atoms with van der Waals surface area (Å²) in [5.74, 6) is 2.64. The highest BCUT2D eigenvalue weighted by Gasteiger charge is 2.32. The van der Waals surface area contributed by atoms with Crippen molar-refractivity contribution < 1.29 is 18.7 Å². The van der Waals surface area contributed by atoms with Crippen LogP contribution in [0.15, 0.2) is 36.5 Å². The van der Waals surface area contributed by atoms with Crippen LogP contribution in [0, 0.1) is 5.82 Å². The molecule has 0 spiro atoms. The van der Waals surface area contributed by atoms with E-state index in [-0.39, 0.29) is 13.1 Å². The molecule has 2 saturated heterocycles. The standard InChI is InChI=1S/C20H21FN4O3S/c21-18-9-15(25-12-16(11-22-13-26)28-20(25)27)2-3-17(18)14-1-4-19(23-10-14)24-5-7-29-8-6-24/h1-4,9-10,13,16H,5-8,11-12H2,(H,22,26)/t16-/m0/s1. The number of hydrogen-bond donors (Lipinski definition) is 1. The number of nitrogens with one attached hydrogen (secondary N) is 1. The Labute approximate surface area is 172 Å². The van der Waals surface area contributed by atoms with Gasteiger partial charge in [0.25, 0.3) is 0 Å². The maximum atomic E-state index is 14.8. The highest BCUT2D eigenvalue weighted by atomic mass is 32.2. The second kappa shape index (κ2) is 8.69. The number of aromatic nitrogens is 1. The molecule has 2 fully saturated rings. The van der Waals surface area contributed by atoms with E-state index in [4.69, 9.17) is 4.74 Å². The summed E-state index contributed by atoms with van der Waals surface area (Å²) in [6.07, 6.45) is 1.22. The van der Waals surface area contributed by atoms with Crippen LogP contribution in [0.4, 0.5) is 20.7 Å². The minimum absolute atomic E-state index is 0.222. The van der Waals surface area contributed by atoms with E-state index in [1.807, 2.05) is 23.9 Å². The molecule has 152 valence electrons. The van der Waals surface area contributed by atoms with Crippen LogP contribution in [0.3, 0.4) is 0 Å². The van der Waals surface area contributed by atoms with Gasteiger partial charge in [-0.05, 0) is 30.3 Å². The van der Waals surface area contributed by atoms with Crippen molar-refractivity contribution in [2.24, 2.45) is 0 Å². The molecule has 0 bridgehead atoms. The van der Waals surface area contributed by atoms with E-state index >= 15 is 0 Å². The summed E-state index contributed by atoms with van der Waals surface area (Å²) in [7, 11) is 0. The van der Waals surface area contributed by atoms with E-state index in [9.17, 15) is 14.0 Å². The van der Waals surface area contributed by atoms with Crippen molar-refractivity contribution in [1.29, 1.82) is 0 Å². The largest absolute Gasteiger partial charge is 0.442 e. The van der Waals surface area contributed by atoms with Crippen molar-refractivity contribution in [2.75, 3.05) is 47.5 Å². The summed E-state index contributed by atoms with van der Waals surface area (Å²) in [5, 5.41) is 2.48. The van der Waals surface area contributed by atoms with Gasteiger partial charge in [0.2, 0.25) is 6.41 Å². The van der Waals surface area contributed by atoms with Crippen LogP contribution >= 0.6 is 11.8 Å². The van der Waals surface area contributed by atoms with Crippen LogP contribution < -0.4 is 15.1 Å². The molecule has 2 aliphatic rings. The second-order valence-corrected chi connectivity index (χ2v) is 8.04. The highest BCUT2D eigenvalue weighted by Crippen LogP contribution is 2.29. The Hall–Kier alpha value is -2.81. The van der Waals surface area contributed by atoms with Gasteiger partial charge in [0.05, 0.1) is 18.8 Å². The van der Waals surface area contributed by atoms with Gasteiger partial charge in [0.15, 0.2) is 0 Å². The lowest BCUT2D eigenvalue weighted by Crippen LogP contribution is -2.32. The molecule has 2 aliphatic heterocycles. The third-order valence-corrected chi connectivity index (χ3v) is 5.90. The molecule has 1 N–H and O–H groups in total. The first-order valence-electron chi connectivity index (χ1n) is 9.39. The summed E-state index contributed by atoms with van der Waals surface area (Å²) in [6, 6.07) is 8.44. The molecule has 0 aliphatic carbocycles. The van der Waals surface area contributed by atoms with E-state index in [0.717, 1.165) is 30.4 Å². The molecule has 0 saturated carbocycles. The fraction of sp³-hybridized carbons (Fsp3) is 0.350. The lowest BCUT2D eigenvalue weighted by Gasteiger charge is -2.27. The molecule has 0 unspecified atom stereocenters. The van der Waals surface area contributed by atoms with Gasteiger partial charge in [-0.15, -0.1) is 0 Å². The topological polar surface area (TPSA) is 74.8 Å². The Kier molecular flexibility index (Phi) is 5.84. The van der Waals surface area contributed by atoms with Crippen molar-refractivity contribution in [3.05, 3.63) is 42.3 Å². The van der Waals surface area contributed by atoms with Gasteiger partial charge in [-0.3, -0.25) is 9.69 Å². The summed E-state index contributed by atoms with van der Waals surface area (Å²) in [5.41, 5.74) is 1.52. The predicted octanol–water partition coefficient (Wildman–Crippen LogP) is 2.51. The summed E-state index contributed by atoms with van der Waals surface area (Å²) >= 11 is 1.94. The number of carbonyl (C=O) groups excluding carboxylic acids is 2. The molecule has 1 aromatic carbocycles. The molecule has 2 aromatic rings. The number of nitrogens with zero attached hydrogens (tertiary/aromatic N) is 3. The van der Waals surface area contributed by atoms with Crippen LogP contribution in [0.5, 0.6) is 0 Å². The Bertz CT molecular complexity index is 890. The predicted molar refractivity (Wildman–Crippen MR) is 111 cm³/mol. The van der Waals surface area contributed by atoms with Gasteiger partial charge in [0, 0.05) is 41.9 Å². The molecule has 7 nitrogen and oxygen atoms in total. The van der Waals surface area contributed by atoms with Gasteiger partial charge < -0.3 is 15.0 Å². The van der Waals surface area contributed by atoms with E-state index in [0.29, 0.717) is 23.2 Å². The van der Waals surface area contributed by atoms with E-state index in [2.05, 4.69) is 15.2 Å². The van der Waals surface area contributed by atoms with Crippen molar-refractivity contribution in [3.63, 3.8) is 0 Å². The van der Waals surface area contributed by atoms with E-state index < -0.39 is 18.0 Å². The second-order valence-electron chi connectivity index (χ2n) is 6.81. The average molecular weight is 416 g/mol. The number of halogens is 1. The zero-order valence-electron chi connectivity index (χ0n) is 15.7. The van der Waals surface area contributed by atoms with Crippen molar-refractivity contribution in [3.8, 4) is 11.1 Å². The Morgan fingerprint density at radius 2 is 2.10 bits per heavy atom. The first-order chi connectivity index (χ1) is 14.2. The zero-order chi connectivity index (χ0) is 20.2. The molecule has 4 rings (SSSR count). The Morgan fingerprint density at radius 1 is 1.28 bits per heavy atom. The average Bonchev–Trinajstić information content (AvgIpc) is 3.13. The number of ether oxygens (including phenoxy) is 1. The number of pyridine rings is 1. The number of rotatable bonds is 6. The van der Waals surface area contributed by atoms with E-state index in [1.54, 1.807) is 18.3 Å². The number of thioether (sulfide) groups is 1. The number of benzene rings is 1. The summed E-state index contributed by atoms with van der Waals surface area (Å²) < 4.78 is 20.0. The minimum atomic E-state index is -0.555. The third-order valence-electron chi connectivity index (χ3n) is 4.96. The minimum Gasteiger partial charge on any atom is -0.442 e. The fourth-order valence-corrected chi connectivity index (χ4v) is 4.35. The number of cyclic esters (lactones) is 1. The molecule has 1 aromatic heterocycles. The van der Waals surface area contributed by atoms with E-state index in [1.165, 1.54) is 11.0 Å². The van der Waals surface area contributed by atoms with Gasteiger partial charge >= 0.3 is 6.09 Å². The molecule has 29 heavy (non-hydrogen) atoms. The highest BCUT2D eigenvalue weighted by molar-refractivity contribution is 7.99. The van der Waals surface area contributed by atoms with Crippen molar-refractivity contribution >= 4 is 35.8 Å². The van der Waals surface area contributed by atoms with Crippen molar-refractivity contribution in [1.82, 2.24) is 10.3 Å². The van der Waals surface area contributed by atoms with Gasteiger partial charge in [-0.2, -0.15) is 11.8 Å². The SMILES string of the molecule is O=CNC[C@H]1CN(c2ccc(-c3ccc(N4CCSCC4)nc3)c(F)c2)C(=O)O1. The Morgan fingerprint density at radius 3 is 2.79 bits per heavy atom. The summed E-state index contributed by atoms with van der Waals surface area (Å²) in [4.78, 5) is 30.5. The number of amides is 2. The molecule has 9 heteroatoms. The monoisotopic (exact) mass is 416 g/mol. The normalized spacial score (nSPS) is 19.2. The third kappa shape index (κ3) is 4.29. The summed E-state index contributed by atoms with van der Waals surface area (Å²) in [6.45, 7) is 2.41. The molecular weight excluding hydrogens is 395 g/mol. The van der Waals surface area contributed by atoms with Gasteiger partial charge in [-0.1, -0.05) is 0 Å². The maximum absolute atomic E-state index is 14.8. The number of anilines is 2. The number of carbonyl (C=O) groups is 2. The molecule has 3 heterocycles. The van der Waals surface area contributed by atoms with Crippen molar-refractivity contribution in [2.45, 2.75) is 6.10 Å². The maximum Gasteiger partial charge on any atom is 0.414 e. The zero-order valence-corrected chi connectivity index (χ0v) is 16.5. The lowest BCUT2D eigenvalue weighted by atomic mass is 10.1. The quantitative estimate of drug-likeness (QED) is 0.730. The first-order valence-corrected chi connectivity index (χ1v) is 10.5. The van der Waals surface area contributed by atoms with Gasteiger partial charge in [-0.25, -0.2) is 14.2 Å². The molecular formula is C20H21FN4O3S. The number of hydrogen-bond acceptors (Lipinski definition) is 6. The molecule has 1 atom stereocenters. The lowest BCUT2D eigenvalue weighted by molar-refractivity contribution is -0.109. The van der Waals surface area contributed by atoms with Gasteiger partial charge in [0.1, 0.15) is 17.7 Å². The van der Waals surface area contributed by atoms with Crippen LogP contribution in [0.2, 0.25) is 0 Å². The van der Waals surface area contributed by atoms with Crippen LogP contribution in [-0.4, -0.2) is 61.3 Å². The fourth-order valence-electron chi connectivity index (χ4n) is 3.45. The smallest absolute Gasteiger partial charge is 0.414 e. The Balaban J connectivity index is 1.48. The molecule has 2 amide bonds. The van der Waals surface area contributed by atoms with Crippen LogP contribution in [0.25, 0.3) is 11.1 Å². The van der Waals surface area contributed by atoms with Crippen LogP contribution in [0.1, 0.15) is 0 Å². The molecule has 0 radical (unpaired) electrons.